The van der Waals surface area contributed by atoms with Crippen LogP contribution in [0.15, 0.2) is 168 Å². The van der Waals surface area contributed by atoms with Crippen LogP contribution in [0, 0.1) is 0 Å². The van der Waals surface area contributed by atoms with E-state index >= 15 is 0 Å². The Morgan fingerprint density at radius 2 is 1.37 bits per heavy atom. The van der Waals surface area contributed by atoms with Gasteiger partial charge < -0.3 is 16.4 Å². The molecule has 2 heterocycles. The topological polar surface area (TPSA) is 86.8 Å². The second-order valence-corrected chi connectivity index (χ2v) is 13.7. The van der Waals surface area contributed by atoms with Gasteiger partial charge in [0.25, 0.3) is 0 Å². The highest BCUT2D eigenvalue weighted by molar-refractivity contribution is 6.00. The Hall–Kier alpha value is -6.76. The van der Waals surface area contributed by atoms with Crippen LogP contribution in [0.4, 0.5) is 17.1 Å². The second-order valence-electron chi connectivity index (χ2n) is 13.7. The number of hydrogen-bond acceptors (Lipinski definition) is 6. The molecule has 9 rings (SSSR count). The van der Waals surface area contributed by atoms with Gasteiger partial charge >= 0.3 is 0 Å². The molecule has 7 aromatic carbocycles. The molecule has 0 radical (unpaired) electrons. The quantitative estimate of drug-likeness (QED) is 0.125. The highest BCUT2D eigenvalue weighted by atomic mass is 15.3. The Morgan fingerprint density at radius 1 is 0.648 bits per heavy atom. The van der Waals surface area contributed by atoms with Crippen LogP contribution in [0.25, 0.3) is 50.2 Å². The molecule has 2 aliphatic heterocycles. The van der Waals surface area contributed by atoms with Gasteiger partial charge in [0, 0.05) is 28.6 Å². The third-order valence-electron chi connectivity index (χ3n) is 10.3. The first-order valence-electron chi connectivity index (χ1n) is 18.4. The van der Waals surface area contributed by atoms with E-state index in [0.29, 0.717) is 12.2 Å². The van der Waals surface area contributed by atoms with Crippen molar-refractivity contribution in [3.05, 3.63) is 180 Å². The van der Waals surface area contributed by atoms with Crippen LogP contribution >= 0.6 is 0 Å². The summed E-state index contributed by atoms with van der Waals surface area (Å²) in [6, 6.07) is 53.5. The standard InChI is InChI=1S/C48H40N6/c1-2-12-41-44(49)42(30-43-45(41)51-26-25-50-43)37-27-36(31-21-23-33(24-22-31)40-20-11-18-32-13-9-10-19-39(32)40)28-38(29-37)48-53-46(34-14-5-3-6-15-34)52-47(54-48)35-16-7-4-8-17-35/h2-25,27-30,46,48,51,53H,26,49H2,1H3,(H,52,54)/b12-2-. The molecule has 0 saturated heterocycles. The first kappa shape index (κ1) is 33.1. The maximum atomic E-state index is 7.07. The van der Waals surface area contributed by atoms with Gasteiger partial charge in [-0.2, -0.15) is 0 Å². The van der Waals surface area contributed by atoms with Crippen molar-refractivity contribution in [2.75, 3.05) is 17.6 Å². The summed E-state index contributed by atoms with van der Waals surface area (Å²) in [6.07, 6.45) is 5.49. The van der Waals surface area contributed by atoms with Crippen LogP contribution in [0.2, 0.25) is 0 Å². The number of aliphatic imine (C=N–C) groups is 2. The first-order valence-corrected chi connectivity index (χ1v) is 18.4. The predicted molar refractivity (Wildman–Crippen MR) is 227 cm³/mol. The number of nitrogens with one attached hydrogen (secondary N) is 3. The van der Waals surface area contributed by atoms with Gasteiger partial charge in [-0.05, 0) is 80.9 Å². The zero-order chi connectivity index (χ0) is 36.4. The van der Waals surface area contributed by atoms with Gasteiger partial charge in [-0.15, -0.1) is 0 Å². The van der Waals surface area contributed by atoms with Crippen LogP contribution in [-0.4, -0.2) is 18.6 Å². The van der Waals surface area contributed by atoms with Crippen molar-refractivity contribution in [1.29, 1.82) is 0 Å². The van der Waals surface area contributed by atoms with E-state index in [1.165, 1.54) is 21.9 Å². The Bertz CT molecular complexity index is 2570. The van der Waals surface area contributed by atoms with Gasteiger partial charge in [0.15, 0.2) is 0 Å². The molecule has 0 aromatic heterocycles. The summed E-state index contributed by atoms with van der Waals surface area (Å²) in [5.74, 6) is 0.837. The van der Waals surface area contributed by atoms with Crippen molar-refractivity contribution >= 4 is 46.0 Å². The lowest BCUT2D eigenvalue weighted by atomic mass is 9.91. The first-order chi connectivity index (χ1) is 26.6. The molecule has 0 aliphatic carbocycles. The number of hydrogen-bond donors (Lipinski definition) is 4. The number of nitrogens with zero attached hydrogens (tertiary/aromatic N) is 2. The number of allylic oxidation sites excluding steroid dienone is 1. The minimum absolute atomic E-state index is 0.161. The molecule has 2 aliphatic rings. The summed E-state index contributed by atoms with van der Waals surface area (Å²) in [5, 5.41) is 13.4. The fourth-order valence-corrected chi connectivity index (χ4v) is 7.60. The molecule has 0 spiro atoms. The highest BCUT2D eigenvalue weighted by Crippen LogP contribution is 2.44. The van der Waals surface area contributed by atoms with Crippen molar-refractivity contribution in [1.82, 2.24) is 10.6 Å². The van der Waals surface area contributed by atoms with Crippen LogP contribution in [-0.2, 0) is 0 Å². The molecule has 6 nitrogen and oxygen atoms in total. The fraction of sp³-hybridized carbons (Fsp3) is 0.0833. The summed E-state index contributed by atoms with van der Waals surface area (Å²) < 4.78 is 0. The number of rotatable bonds is 7. The highest BCUT2D eigenvalue weighted by Gasteiger charge is 2.27. The summed E-state index contributed by atoms with van der Waals surface area (Å²) >= 11 is 0. The summed E-state index contributed by atoms with van der Waals surface area (Å²) in [5.41, 5.74) is 20.3. The largest absolute Gasteiger partial charge is 0.398 e. The lowest BCUT2D eigenvalue weighted by Gasteiger charge is -2.32. The Labute approximate surface area is 315 Å². The average Bonchev–Trinajstić information content (AvgIpc) is 3.24. The molecule has 6 heteroatoms. The average molecular weight is 701 g/mol. The predicted octanol–water partition coefficient (Wildman–Crippen LogP) is 10.9. The van der Waals surface area contributed by atoms with Crippen LogP contribution < -0.4 is 21.7 Å². The summed E-state index contributed by atoms with van der Waals surface area (Å²) in [4.78, 5) is 10.1. The van der Waals surface area contributed by atoms with Crippen molar-refractivity contribution in [3.63, 3.8) is 0 Å². The monoisotopic (exact) mass is 700 g/mol. The van der Waals surface area contributed by atoms with E-state index in [-0.39, 0.29) is 12.3 Å². The van der Waals surface area contributed by atoms with E-state index in [1.807, 2.05) is 43.5 Å². The van der Waals surface area contributed by atoms with Crippen LogP contribution in [0.1, 0.15) is 41.5 Å². The number of nitrogens with two attached hydrogens (primary N) is 1. The molecule has 2 atom stereocenters. The van der Waals surface area contributed by atoms with E-state index in [2.05, 4.69) is 149 Å². The summed E-state index contributed by atoms with van der Waals surface area (Å²) in [6.45, 7) is 2.68. The maximum Gasteiger partial charge on any atom is 0.131 e. The van der Waals surface area contributed by atoms with Gasteiger partial charge in [0.05, 0.1) is 17.9 Å². The molecule has 7 aromatic rings. The van der Waals surface area contributed by atoms with E-state index < -0.39 is 0 Å². The van der Waals surface area contributed by atoms with Gasteiger partial charge in [0.1, 0.15) is 18.2 Å². The molecule has 0 bridgehead atoms. The second kappa shape index (κ2) is 14.3. The smallest absolute Gasteiger partial charge is 0.131 e. The zero-order valence-electron chi connectivity index (χ0n) is 30.0. The molecular weight excluding hydrogens is 661 g/mol. The minimum Gasteiger partial charge on any atom is -0.398 e. The van der Waals surface area contributed by atoms with E-state index in [1.54, 1.807) is 0 Å². The minimum atomic E-state index is -0.353. The Kier molecular flexibility index (Phi) is 8.79. The molecule has 5 N–H and O–H groups in total. The van der Waals surface area contributed by atoms with Crippen LogP contribution in [0.5, 0.6) is 0 Å². The SMILES string of the molecule is C/C=C\c1c(N)c(-c2cc(-c3ccc(-c4cccc5ccccc45)cc3)cc(C3N=C(c4ccccc4)NC(c4ccccc4)N3)c2)cc2c1NCC=N2. The molecule has 0 fully saturated rings. The van der Waals surface area contributed by atoms with Gasteiger partial charge in [-0.25, -0.2) is 4.99 Å². The number of benzene rings is 7. The van der Waals surface area contributed by atoms with Crippen molar-refractivity contribution in [2.24, 2.45) is 9.98 Å². The molecular formula is C48H40N6. The molecule has 54 heavy (non-hydrogen) atoms. The van der Waals surface area contributed by atoms with Gasteiger partial charge in [-0.1, -0.05) is 140 Å². The zero-order valence-corrected chi connectivity index (χ0v) is 30.0. The van der Waals surface area contributed by atoms with E-state index in [9.17, 15) is 0 Å². The van der Waals surface area contributed by atoms with E-state index in [0.717, 1.165) is 61.7 Å². The fourth-order valence-electron chi connectivity index (χ4n) is 7.60. The van der Waals surface area contributed by atoms with Gasteiger partial charge in [-0.3, -0.25) is 10.3 Å². The lowest BCUT2D eigenvalue weighted by molar-refractivity contribution is 0.409. The van der Waals surface area contributed by atoms with Gasteiger partial charge in [0.2, 0.25) is 0 Å². The van der Waals surface area contributed by atoms with Crippen molar-refractivity contribution in [2.45, 2.75) is 19.3 Å². The third-order valence-corrected chi connectivity index (χ3v) is 10.3. The van der Waals surface area contributed by atoms with E-state index in [4.69, 9.17) is 15.7 Å². The molecule has 262 valence electrons. The number of fused-ring (bicyclic) bond motifs is 2. The van der Waals surface area contributed by atoms with Crippen molar-refractivity contribution < 1.29 is 0 Å². The number of amidine groups is 1. The molecule has 2 unspecified atom stereocenters. The Morgan fingerprint density at radius 3 is 2.19 bits per heavy atom. The third kappa shape index (κ3) is 6.33. The maximum absolute atomic E-state index is 7.07. The molecule has 0 amide bonds. The summed E-state index contributed by atoms with van der Waals surface area (Å²) in [7, 11) is 0. The lowest BCUT2D eigenvalue weighted by Crippen LogP contribution is -2.44. The normalized spacial score (nSPS) is 16.4. The number of nitrogen functional groups attached to an aromatic ring is 1. The Balaban J connectivity index is 1.21. The number of anilines is 2. The van der Waals surface area contributed by atoms with Crippen LogP contribution in [0.3, 0.4) is 0 Å². The molecule has 0 saturated carbocycles. The van der Waals surface area contributed by atoms with Crippen molar-refractivity contribution in [3.8, 4) is 33.4 Å².